The molecule has 15 heteroatoms. The van der Waals surface area contributed by atoms with Crippen LogP contribution in [-0.2, 0) is 35.6 Å². The summed E-state index contributed by atoms with van der Waals surface area (Å²) in [6, 6.07) is 0. The molecule has 0 aromatic carbocycles. The fourth-order valence-electron chi connectivity index (χ4n) is 2.85. The minimum atomic E-state index is -3.84. The molecule has 36 heavy (non-hydrogen) atoms. The standard InChI is InChI=1S/C21H54NO8PSi5/c1-24-22-19(17-26-32(2,3)4)21(28-34(8,9)10)20(27-33(5,6)7)18-25-31(23,29-35(11,12)13)30-36(14,15)16/h20-21H,17-18H2,1-16H3/b22-19-/t20-,21+/m1/s1. The lowest BCUT2D eigenvalue weighted by Crippen LogP contribution is -2.52. The van der Waals surface area contributed by atoms with Crippen molar-refractivity contribution < 1.29 is 35.6 Å². The monoisotopic (exact) mass is 619 g/mol. The fraction of sp³-hybridized carbons (Fsp3) is 0.952. The number of oxime groups is 1. The van der Waals surface area contributed by atoms with Gasteiger partial charge in [-0.25, -0.2) is 4.57 Å². The van der Waals surface area contributed by atoms with Crippen LogP contribution in [0.5, 0.6) is 0 Å². The molecule has 0 aliphatic carbocycles. The predicted octanol–water partition coefficient (Wildman–Crippen LogP) is 7.11. The summed E-state index contributed by atoms with van der Waals surface area (Å²) in [4.78, 5) is 5.20. The molecule has 0 rings (SSSR count). The number of rotatable bonds is 17. The van der Waals surface area contributed by atoms with Gasteiger partial charge in [0.15, 0.2) is 41.6 Å². The first-order valence-corrected chi connectivity index (χ1v) is 31.0. The minimum Gasteiger partial charge on any atom is -0.412 e. The third kappa shape index (κ3) is 18.7. The van der Waals surface area contributed by atoms with Gasteiger partial charge in [0.05, 0.1) is 19.3 Å². The molecule has 2 atom stereocenters. The molecule has 0 spiro atoms. The summed E-state index contributed by atoms with van der Waals surface area (Å²) < 4.78 is 51.2. The zero-order chi connectivity index (χ0) is 28.8. The molecule has 9 nitrogen and oxygen atoms in total. The summed E-state index contributed by atoms with van der Waals surface area (Å²) in [6.45, 7) is 30.9. The van der Waals surface area contributed by atoms with E-state index in [-0.39, 0.29) is 13.2 Å². The molecule has 0 N–H and O–H groups in total. The van der Waals surface area contributed by atoms with Crippen LogP contribution in [0.15, 0.2) is 5.16 Å². The minimum absolute atomic E-state index is 0.0403. The highest BCUT2D eigenvalue weighted by atomic mass is 31.2. The van der Waals surface area contributed by atoms with Crippen LogP contribution in [0, 0.1) is 0 Å². The van der Waals surface area contributed by atoms with Crippen LogP contribution in [0.4, 0.5) is 0 Å². The third-order valence-corrected chi connectivity index (χ3v) is 13.3. The Morgan fingerprint density at radius 1 is 0.694 bits per heavy atom. The molecule has 0 unspecified atom stereocenters. The maximum Gasteiger partial charge on any atom is 0.455 e. The van der Waals surface area contributed by atoms with Gasteiger partial charge in [-0.05, 0) is 98.2 Å². The molecule has 0 aliphatic rings. The molecule has 0 amide bonds. The Labute approximate surface area is 226 Å². The van der Waals surface area contributed by atoms with Crippen molar-refractivity contribution in [1.82, 2.24) is 0 Å². The van der Waals surface area contributed by atoms with E-state index >= 15 is 0 Å². The summed E-state index contributed by atoms with van der Waals surface area (Å²) in [5, 5.41) is 4.30. The van der Waals surface area contributed by atoms with Crippen LogP contribution in [-0.4, -0.2) is 79.8 Å². The number of hydrogen-bond donors (Lipinski definition) is 0. The molecule has 0 aromatic rings. The van der Waals surface area contributed by atoms with Gasteiger partial charge >= 0.3 is 7.82 Å². The highest BCUT2D eigenvalue weighted by Crippen LogP contribution is 2.54. The van der Waals surface area contributed by atoms with E-state index in [4.69, 9.17) is 31.1 Å². The van der Waals surface area contributed by atoms with E-state index in [2.05, 4.69) is 64.1 Å². The fourth-order valence-corrected chi connectivity index (χ4v) is 12.2. The van der Waals surface area contributed by atoms with Gasteiger partial charge in [-0.1, -0.05) is 5.16 Å². The van der Waals surface area contributed by atoms with Crippen LogP contribution in [0.3, 0.4) is 0 Å². The lowest BCUT2D eigenvalue weighted by Gasteiger charge is -2.38. The lowest BCUT2D eigenvalue weighted by atomic mass is 10.1. The molecule has 0 fully saturated rings. The SMILES string of the molecule is CO/N=C(/CO[Si](C)(C)C)[C@H](O[Si](C)(C)C)[C@@H](COP(=O)(O[Si](C)(C)C)O[Si](C)(C)C)O[Si](C)(C)C. The van der Waals surface area contributed by atoms with Gasteiger partial charge in [0.25, 0.3) is 0 Å². The van der Waals surface area contributed by atoms with E-state index in [0.717, 1.165) is 0 Å². The highest BCUT2D eigenvalue weighted by Gasteiger charge is 2.42. The molecule has 0 aliphatic heterocycles. The topological polar surface area (TPSA) is 94.0 Å². The summed E-state index contributed by atoms with van der Waals surface area (Å²) in [5.41, 5.74) is 0.585. The summed E-state index contributed by atoms with van der Waals surface area (Å²) in [5.74, 6) is 0. The largest absolute Gasteiger partial charge is 0.455 e. The van der Waals surface area contributed by atoms with E-state index in [1.807, 2.05) is 39.3 Å². The quantitative estimate of drug-likeness (QED) is 0.0736. The molecule has 216 valence electrons. The van der Waals surface area contributed by atoms with Gasteiger partial charge in [-0.2, -0.15) is 0 Å². The summed E-state index contributed by atoms with van der Waals surface area (Å²) in [7, 11) is -12.9. The third-order valence-electron chi connectivity index (χ3n) is 3.68. The summed E-state index contributed by atoms with van der Waals surface area (Å²) in [6.07, 6.45) is -1.21. The van der Waals surface area contributed by atoms with Gasteiger partial charge in [-0.3, -0.25) is 4.52 Å². The molecule has 0 saturated heterocycles. The van der Waals surface area contributed by atoms with Gasteiger partial charge in [0, 0.05) is 0 Å². The van der Waals surface area contributed by atoms with E-state index in [9.17, 15) is 4.57 Å². The Morgan fingerprint density at radius 3 is 1.47 bits per heavy atom. The normalized spacial score (nSPS) is 16.7. The Balaban J connectivity index is 6.42. The van der Waals surface area contributed by atoms with Crippen molar-refractivity contribution in [3.05, 3.63) is 0 Å². The second kappa shape index (κ2) is 13.7. The Bertz CT molecular complexity index is 732. The Hall–Kier alpha value is 0.544. The average molecular weight is 620 g/mol. The van der Waals surface area contributed by atoms with Crippen molar-refractivity contribution in [2.24, 2.45) is 5.16 Å². The van der Waals surface area contributed by atoms with E-state index in [1.54, 1.807) is 0 Å². The predicted molar refractivity (Wildman–Crippen MR) is 163 cm³/mol. The number of nitrogens with zero attached hydrogens (tertiary/aromatic N) is 1. The van der Waals surface area contributed by atoms with Crippen LogP contribution in [0.25, 0.3) is 0 Å². The molecule has 0 heterocycles. The Kier molecular flexibility index (Phi) is 14.0. The Morgan fingerprint density at radius 2 is 1.14 bits per heavy atom. The van der Waals surface area contributed by atoms with Gasteiger partial charge in [0.1, 0.15) is 18.9 Å². The first kappa shape index (κ1) is 36.5. The molecule has 0 bridgehead atoms. The van der Waals surface area contributed by atoms with E-state index < -0.39 is 61.6 Å². The van der Waals surface area contributed by atoms with Crippen molar-refractivity contribution in [2.45, 2.75) is 110 Å². The average Bonchev–Trinajstić information content (AvgIpc) is 2.54. The van der Waals surface area contributed by atoms with Gasteiger partial charge < -0.3 is 26.5 Å². The van der Waals surface area contributed by atoms with E-state index in [1.165, 1.54) is 7.11 Å². The van der Waals surface area contributed by atoms with E-state index in [0.29, 0.717) is 5.71 Å². The first-order chi connectivity index (χ1) is 15.7. The molecular formula is C21H54NO8PSi5. The highest BCUT2D eigenvalue weighted by molar-refractivity contribution is 7.52. The zero-order valence-electron chi connectivity index (χ0n) is 25.7. The second-order valence-corrected chi connectivity index (χ2v) is 38.2. The van der Waals surface area contributed by atoms with Crippen LogP contribution in [0.1, 0.15) is 0 Å². The number of hydrogen-bond acceptors (Lipinski definition) is 9. The lowest BCUT2D eigenvalue weighted by molar-refractivity contribution is 0.0335. The second-order valence-electron chi connectivity index (χ2n) is 13.7. The maximum absolute atomic E-state index is 13.8. The van der Waals surface area contributed by atoms with Crippen LogP contribution in [0.2, 0.25) is 98.2 Å². The van der Waals surface area contributed by atoms with Crippen molar-refractivity contribution in [2.75, 3.05) is 20.3 Å². The maximum atomic E-state index is 13.8. The molecule has 0 aromatic heterocycles. The first-order valence-electron chi connectivity index (χ1n) is 12.5. The molecular weight excluding hydrogens is 566 g/mol. The smallest absolute Gasteiger partial charge is 0.412 e. The zero-order valence-corrected chi connectivity index (χ0v) is 31.6. The van der Waals surface area contributed by atoms with Gasteiger partial charge in [-0.15, -0.1) is 0 Å². The van der Waals surface area contributed by atoms with Crippen molar-refractivity contribution in [1.29, 1.82) is 0 Å². The molecule has 0 saturated carbocycles. The van der Waals surface area contributed by atoms with Crippen molar-refractivity contribution >= 4 is 55.1 Å². The van der Waals surface area contributed by atoms with Crippen LogP contribution < -0.4 is 0 Å². The number of phosphoric acid groups is 1. The van der Waals surface area contributed by atoms with Crippen molar-refractivity contribution in [3.8, 4) is 0 Å². The molecule has 0 radical (unpaired) electrons. The van der Waals surface area contributed by atoms with Crippen molar-refractivity contribution in [3.63, 3.8) is 0 Å². The van der Waals surface area contributed by atoms with Gasteiger partial charge in [0.2, 0.25) is 0 Å². The van der Waals surface area contributed by atoms with Crippen LogP contribution >= 0.6 is 7.82 Å². The summed E-state index contributed by atoms with van der Waals surface area (Å²) >= 11 is 0.